The number of aromatic amines is 1. The van der Waals surface area contributed by atoms with Gasteiger partial charge in [0.2, 0.25) is 0 Å². The predicted octanol–water partition coefficient (Wildman–Crippen LogP) is 6.38. The number of hydrogen-bond acceptors (Lipinski definition) is 0. The molecule has 0 saturated heterocycles. The molecule has 3 aromatic carbocycles. The summed E-state index contributed by atoms with van der Waals surface area (Å²) in [6.07, 6.45) is 5.48. The highest BCUT2D eigenvalue weighted by atomic mass is 14.7. The SMILES string of the molecule is Cc1ccc(-c2ccc(-c3ccc4[nH]c5c(c4c3)C=CC5)cc2)cc1. The molecule has 0 unspecified atom stereocenters. The van der Waals surface area contributed by atoms with Gasteiger partial charge >= 0.3 is 0 Å². The van der Waals surface area contributed by atoms with Crippen LogP contribution in [-0.2, 0) is 6.42 Å². The van der Waals surface area contributed by atoms with Crippen LogP contribution in [0.25, 0.3) is 39.2 Å². The van der Waals surface area contributed by atoms with Crippen molar-refractivity contribution in [3.05, 3.63) is 89.6 Å². The largest absolute Gasteiger partial charge is 0.358 e. The van der Waals surface area contributed by atoms with Gasteiger partial charge in [0.15, 0.2) is 0 Å². The first-order chi connectivity index (χ1) is 12.3. The van der Waals surface area contributed by atoms with E-state index in [0.29, 0.717) is 0 Å². The fourth-order valence-corrected chi connectivity index (χ4v) is 3.70. The number of benzene rings is 3. The lowest BCUT2D eigenvalue weighted by molar-refractivity contribution is 1.19. The highest BCUT2D eigenvalue weighted by Gasteiger charge is 2.13. The zero-order valence-corrected chi connectivity index (χ0v) is 14.2. The molecule has 1 nitrogen and oxygen atoms in total. The second kappa shape index (κ2) is 5.49. The maximum absolute atomic E-state index is 3.53. The van der Waals surface area contributed by atoms with E-state index in [1.807, 2.05) is 0 Å². The van der Waals surface area contributed by atoms with Crippen molar-refractivity contribution in [1.29, 1.82) is 0 Å². The van der Waals surface area contributed by atoms with Crippen molar-refractivity contribution in [2.24, 2.45) is 0 Å². The van der Waals surface area contributed by atoms with E-state index >= 15 is 0 Å². The molecule has 1 aliphatic rings. The number of nitrogens with one attached hydrogen (secondary N) is 1. The van der Waals surface area contributed by atoms with Gasteiger partial charge in [-0.1, -0.05) is 72.3 Å². The summed E-state index contributed by atoms with van der Waals surface area (Å²) in [6.45, 7) is 2.12. The monoisotopic (exact) mass is 321 g/mol. The molecule has 0 radical (unpaired) electrons. The van der Waals surface area contributed by atoms with Crippen LogP contribution >= 0.6 is 0 Å². The van der Waals surface area contributed by atoms with Gasteiger partial charge in [-0.2, -0.15) is 0 Å². The normalized spacial score (nSPS) is 12.7. The van der Waals surface area contributed by atoms with Crippen LogP contribution in [0, 0.1) is 6.92 Å². The Labute approximate surface area is 147 Å². The van der Waals surface area contributed by atoms with Gasteiger partial charge < -0.3 is 4.98 Å². The fraction of sp³-hybridized carbons (Fsp3) is 0.0833. The minimum absolute atomic E-state index is 1.02. The molecule has 25 heavy (non-hydrogen) atoms. The molecular formula is C24H19N. The van der Waals surface area contributed by atoms with Crippen LogP contribution < -0.4 is 0 Å². The van der Waals surface area contributed by atoms with Crippen LogP contribution in [-0.4, -0.2) is 4.98 Å². The van der Waals surface area contributed by atoms with E-state index in [4.69, 9.17) is 0 Å². The molecule has 0 bridgehead atoms. The maximum atomic E-state index is 3.53. The second-order valence-electron chi connectivity index (χ2n) is 6.83. The van der Waals surface area contributed by atoms with Gasteiger partial charge in [-0.05, 0) is 41.3 Å². The van der Waals surface area contributed by atoms with Crippen LogP contribution in [0.5, 0.6) is 0 Å². The number of rotatable bonds is 2. The molecule has 0 amide bonds. The molecule has 1 N–H and O–H groups in total. The van der Waals surface area contributed by atoms with Crippen molar-refractivity contribution in [3.8, 4) is 22.3 Å². The Hall–Kier alpha value is -3.06. The number of allylic oxidation sites excluding steroid dienone is 1. The molecule has 1 aliphatic carbocycles. The standard InChI is InChI=1S/C24H19N/c1-16-5-7-17(8-6-16)18-9-11-19(12-10-18)20-13-14-24-22(15-20)21-3-2-4-23(21)25-24/h2-3,5-15,25H,4H2,1H3. The van der Waals surface area contributed by atoms with Crippen molar-refractivity contribution in [2.75, 3.05) is 0 Å². The van der Waals surface area contributed by atoms with Crippen molar-refractivity contribution >= 4 is 17.0 Å². The summed E-state index contributed by atoms with van der Waals surface area (Å²) in [5.41, 5.74) is 10.3. The maximum Gasteiger partial charge on any atom is 0.0462 e. The summed E-state index contributed by atoms with van der Waals surface area (Å²) >= 11 is 0. The lowest BCUT2D eigenvalue weighted by atomic mass is 9.98. The third-order valence-electron chi connectivity index (χ3n) is 5.13. The van der Waals surface area contributed by atoms with Gasteiger partial charge in [-0.25, -0.2) is 0 Å². The van der Waals surface area contributed by atoms with Crippen molar-refractivity contribution < 1.29 is 0 Å². The molecule has 1 heterocycles. The summed E-state index contributed by atoms with van der Waals surface area (Å²) < 4.78 is 0. The number of aryl methyl sites for hydroxylation is 1. The van der Waals surface area contributed by atoms with Gasteiger partial charge in [0.1, 0.15) is 0 Å². The molecule has 4 aromatic rings. The quantitative estimate of drug-likeness (QED) is 0.441. The van der Waals surface area contributed by atoms with Gasteiger partial charge in [0.05, 0.1) is 0 Å². The third-order valence-corrected chi connectivity index (χ3v) is 5.13. The highest BCUT2D eigenvalue weighted by molar-refractivity contribution is 5.95. The zero-order valence-electron chi connectivity index (χ0n) is 14.2. The molecule has 0 atom stereocenters. The molecule has 1 heteroatoms. The lowest BCUT2D eigenvalue weighted by Crippen LogP contribution is -1.81. The van der Waals surface area contributed by atoms with Gasteiger partial charge in [0, 0.05) is 28.6 Å². The van der Waals surface area contributed by atoms with E-state index in [1.54, 1.807) is 0 Å². The Bertz CT molecular complexity index is 1090. The number of H-pyrrole nitrogens is 1. The van der Waals surface area contributed by atoms with Crippen molar-refractivity contribution in [2.45, 2.75) is 13.3 Å². The smallest absolute Gasteiger partial charge is 0.0462 e. The van der Waals surface area contributed by atoms with E-state index in [2.05, 4.69) is 90.8 Å². The predicted molar refractivity (Wildman–Crippen MR) is 107 cm³/mol. The highest BCUT2D eigenvalue weighted by Crippen LogP contribution is 2.32. The van der Waals surface area contributed by atoms with Crippen molar-refractivity contribution in [3.63, 3.8) is 0 Å². The average molecular weight is 321 g/mol. The molecule has 0 fully saturated rings. The van der Waals surface area contributed by atoms with E-state index in [0.717, 1.165) is 6.42 Å². The first-order valence-corrected chi connectivity index (χ1v) is 8.76. The second-order valence-corrected chi connectivity index (χ2v) is 6.83. The van der Waals surface area contributed by atoms with E-state index < -0.39 is 0 Å². The first kappa shape index (κ1) is 14.3. The molecule has 120 valence electrons. The Morgan fingerprint density at radius 1 is 0.720 bits per heavy atom. The Morgan fingerprint density at radius 2 is 1.32 bits per heavy atom. The molecule has 1 aromatic heterocycles. The molecule has 0 saturated carbocycles. The van der Waals surface area contributed by atoms with Crippen molar-refractivity contribution in [1.82, 2.24) is 4.98 Å². The van der Waals surface area contributed by atoms with Crippen LogP contribution in [0.4, 0.5) is 0 Å². The fourth-order valence-electron chi connectivity index (χ4n) is 3.70. The topological polar surface area (TPSA) is 15.8 Å². The van der Waals surface area contributed by atoms with E-state index in [-0.39, 0.29) is 0 Å². The third kappa shape index (κ3) is 2.40. The van der Waals surface area contributed by atoms with E-state index in [9.17, 15) is 0 Å². The first-order valence-electron chi connectivity index (χ1n) is 8.76. The summed E-state index contributed by atoms with van der Waals surface area (Å²) in [6, 6.07) is 24.3. The Morgan fingerprint density at radius 3 is 2.04 bits per heavy atom. The van der Waals surface area contributed by atoms with Crippen LogP contribution in [0.1, 0.15) is 16.8 Å². The van der Waals surface area contributed by atoms with Gasteiger partial charge in [0.25, 0.3) is 0 Å². The number of aromatic nitrogens is 1. The minimum Gasteiger partial charge on any atom is -0.358 e. The zero-order chi connectivity index (χ0) is 16.8. The summed E-state index contributed by atoms with van der Waals surface area (Å²) in [4.78, 5) is 3.53. The van der Waals surface area contributed by atoms with Gasteiger partial charge in [-0.3, -0.25) is 0 Å². The number of hydrogen-bond donors (Lipinski definition) is 1. The molecule has 0 aliphatic heterocycles. The molecular weight excluding hydrogens is 302 g/mol. The van der Waals surface area contributed by atoms with E-state index in [1.165, 1.54) is 50.0 Å². The Balaban J connectivity index is 1.54. The number of fused-ring (bicyclic) bond motifs is 3. The molecule has 5 rings (SSSR count). The van der Waals surface area contributed by atoms with Crippen LogP contribution in [0.15, 0.2) is 72.8 Å². The summed E-state index contributed by atoms with van der Waals surface area (Å²) in [7, 11) is 0. The van der Waals surface area contributed by atoms with Crippen LogP contribution in [0.3, 0.4) is 0 Å². The van der Waals surface area contributed by atoms with Crippen LogP contribution in [0.2, 0.25) is 0 Å². The minimum atomic E-state index is 1.02. The average Bonchev–Trinajstić information content (AvgIpc) is 3.23. The Kier molecular flexibility index (Phi) is 3.14. The summed E-state index contributed by atoms with van der Waals surface area (Å²) in [5.74, 6) is 0. The lowest BCUT2D eigenvalue weighted by Gasteiger charge is -2.06. The van der Waals surface area contributed by atoms with Gasteiger partial charge in [-0.15, -0.1) is 0 Å². The summed E-state index contributed by atoms with van der Waals surface area (Å²) in [5, 5.41) is 1.32. The molecule has 0 spiro atoms.